The Hall–Kier alpha value is -1.85. The predicted octanol–water partition coefficient (Wildman–Crippen LogP) is 1.56. The molecule has 0 aliphatic rings. The first-order valence-corrected chi connectivity index (χ1v) is 6.36. The van der Waals surface area contributed by atoms with Crippen LogP contribution >= 0.6 is 0 Å². The normalized spacial score (nSPS) is 11.7. The molecule has 0 aliphatic heterocycles. The fourth-order valence-electron chi connectivity index (χ4n) is 1.34. The lowest BCUT2D eigenvalue weighted by Crippen LogP contribution is -2.27. The molecule has 0 heterocycles. The average molecular weight is 280 g/mol. The van der Waals surface area contributed by atoms with Gasteiger partial charge in [0, 0.05) is 5.57 Å². The van der Waals surface area contributed by atoms with Crippen molar-refractivity contribution < 1.29 is 24.1 Å². The van der Waals surface area contributed by atoms with Crippen LogP contribution in [0.3, 0.4) is 0 Å². The molecule has 110 valence electrons. The third-order valence-corrected chi connectivity index (χ3v) is 2.40. The Bertz CT molecular complexity index is 416. The van der Waals surface area contributed by atoms with E-state index in [1.807, 2.05) is 30.3 Å². The van der Waals surface area contributed by atoms with Gasteiger partial charge in [-0.1, -0.05) is 24.8 Å². The summed E-state index contributed by atoms with van der Waals surface area (Å²) in [7, 11) is 0. The monoisotopic (exact) mass is 280 g/mol. The third-order valence-electron chi connectivity index (χ3n) is 2.40. The van der Waals surface area contributed by atoms with Gasteiger partial charge in [-0.3, -0.25) is 0 Å². The lowest BCUT2D eigenvalue weighted by Gasteiger charge is -2.16. The first-order chi connectivity index (χ1) is 9.63. The molecule has 1 N–H and O–H groups in total. The van der Waals surface area contributed by atoms with Crippen molar-refractivity contribution in [3.8, 4) is 5.75 Å². The molecule has 5 nitrogen and oxygen atoms in total. The smallest absolute Gasteiger partial charge is 0.333 e. The highest BCUT2D eigenvalue weighted by Crippen LogP contribution is 2.07. The molecule has 0 amide bonds. The molecule has 1 unspecified atom stereocenters. The number of aliphatic hydroxyl groups excluding tert-OH is 1. The molecule has 5 heteroatoms. The molecule has 1 aromatic carbocycles. The zero-order chi connectivity index (χ0) is 14.8. The first kappa shape index (κ1) is 16.2. The van der Waals surface area contributed by atoms with Gasteiger partial charge in [0.2, 0.25) is 0 Å². The topological polar surface area (TPSA) is 65.0 Å². The van der Waals surface area contributed by atoms with E-state index < -0.39 is 12.1 Å². The quantitative estimate of drug-likeness (QED) is 0.422. The minimum atomic E-state index is -0.558. The van der Waals surface area contributed by atoms with Gasteiger partial charge in [0.15, 0.2) is 0 Å². The molecular formula is C15H20O5. The Morgan fingerprint density at radius 1 is 1.30 bits per heavy atom. The van der Waals surface area contributed by atoms with E-state index in [0.29, 0.717) is 18.8 Å². The van der Waals surface area contributed by atoms with E-state index in [2.05, 4.69) is 6.58 Å². The van der Waals surface area contributed by atoms with Crippen molar-refractivity contribution in [2.75, 3.05) is 26.4 Å². The minimum Gasteiger partial charge on any atom is -0.491 e. The highest BCUT2D eigenvalue weighted by atomic mass is 16.6. The van der Waals surface area contributed by atoms with Gasteiger partial charge >= 0.3 is 5.97 Å². The van der Waals surface area contributed by atoms with Crippen LogP contribution in [0.25, 0.3) is 0 Å². The standard InChI is InChI=1S/C15H20O5/c1-12(2)15(17)20-11-14(10-16)19-9-8-18-13-6-4-3-5-7-13/h3-7,14,16H,1,8-11H2,2H3. The molecule has 0 radical (unpaired) electrons. The number of para-hydroxylation sites is 1. The van der Waals surface area contributed by atoms with Gasteiger partial charge in [-0.15, -0.1) is 0 Å². The predicted molar refractivity (Wildman–Crippen MR) is 74.5 cm³/mol. The Morgan fingerprint density at radius 3 is 2.60 bits per heavy atom. The molecular weight excluding hydrogens is 260 g/mol. The summed E-state index contributed by atoms with van der Waals surface area (Å²) in [6.07, 6.45) is -0.558. The van der Waals surface area contributed by atoms with Crippen molar-refractivity contribution in [3.63, 3.8) is 0 Å². The second-order valence-electron chi connectivity index (χ2n) is 4.22. The van der Waals surface area contributed by atoms with Crippen LogP contribution in [0.5, 0.6) is 5.75 Å². The van der Waals surface area contributed by atoms with Crippen molar-refractivity contribution in [2.45, 2.75) is 13.0 Å². The molecule has 0 spiro atoms. The summed E-state index contributed by atoms with van der Waals surface area (Å²) in [5.74, 6) is 0.262. The van der Waals surface area contributed by atoms with Crippen molar-refractivity contribution in [1.29, 1.82) is 0 Å². The summed E-state index contributed by atoms with van der Waals surface area (Å²) < 4.78 is 15.7. The van der Waals surface area contributed by atoms with Gasteiger partial charge in [0.25, 0.3) is 0 Å². The van der Waals surface area contributed by atoms with Crippen LogP contribution in [0.1, 0.15) is 6.92 Å². The molecule has 0 saturated carbocycles. The largest absolute Gasteiger partial charge is 0.491 e. The SMILES string of the molecule is C=C(C)C(=O)OCC(CO)OCCOc1ccccc1. The molecule has 20 heavy (non-hydrogen) atoms. The lowest BCUT2D eigenvalue weighted by atomic mass is 10.3. The number of hydrogen-bond donors (Lipinski definition) is 1. The zero-order valence-electron chi connectivity index (χ0n) is 11.6. The van der Waals surface area contributed by atoms with Gasteiger partial charge in [0.05, 0.1) is 13.2 Å². The number of esters is 1. The van der Waals surface area contributed by atoms with E-state index >= 15 is 0 Å². The summed E-state index contributed by atoms with van der Waals surface area (Å²) >= 11 is 0. The van der Waals surface area contributed by atoms with E-state index in [1.165, 1.54) is 0 Å². The number of carbonyl (C=O) groups excluding carboxylic acids is 1. The number of ether oxygens (including phenoxy) is 3. The summed E-state index contributed by atoms with van der Waals surface area (Å²) in [6, 6.07) is 9.35. The average Bonchev–Trinajstić information content (AvgIpc) is 2.47. The fraction of sp³-hybridized carbons (Fsp3) is 0.400. The number of hydrogen-bond acceptors (Lipinski definition) is 5. The van der Waals surface area contributed by atoms with E-state index in [9.17, 15) is 4.79 Å². The van der Waals surface area contributed by atoms with Gasteiger partial charge < -0.3 is 19.3 Å². The Balaban J connectivity index is 2.18. The molecule has 0 saturated heterocycles. The van der Waals surface area contributed by atoms with Crippen LogP contribution in [0.15, 0.2) is 42.5 Å². The van der Waals surface area contributed by atoms with Crippen molar-refractivity contribution in [1.82, 2.24) is 0 Å². The molecule has 0 aromatic heterocycles. The van der Waals surface area contributed by atoms with Crippen molar-refractivity contribution in [3.05, 3.63) is 42.5 Å². The lowest BCUT2D eigenvalue weighted by molar-refractivity contribution is -0.144. The van der Waals surface area contributed by atoms with Crippen LogP contribution in [0.2, 0.25) is 0 Å². The molecule has 1 atom stereocenters. The number of aliphatic hydroxyl groups is 1. The highest BCUT2D eigenvalue weighted by Gasteiger charge is 2.11. The Morgan fingerprint density at radius 2 is 2.00 bits per heavy atom. The van der Waals surface area contributed by atoms with Crippen LogP contribution < -0.4 is 4.74 Å². The van der Waals surface area contributed by atoms with Crippen molar-refractivity contribution in [2.24, 2.45) is 0 Å². The molecule has 0 aliphatic carbocycles. The summed E-state index contributed by atoms with van der Waals surface area (Å²) in [5.41, 5.74) is 0.314. The van der Waals surface area contributed by atoms with E-state index in [0.717, 1.165) is 5.75 Å². The van der Waals surface area contributed by atoms with Crippen LogP contribution in [-0.4, -0.2) is 43.6 Å². The van der Waals surface area contributed by atoms with Crippen LogP contribution in [0.4, 0.5) is 0 Å². The summed E-state index contributed by atoms with van der Waals surface area (Å²) in [5, 5.41) is 9.11. The minimum absolute atomic E-state index is 0.00642. The second-order valence-corrected chi connectivity index (χ2v) is 4.22. The maximum Gasteiger partial charge on any atom is 0.333 e. The first-order valence-electron chi connectivity index (χ1n) is 6.36. The maximum atomic E-state index is 11.2. The van der Waals surface area contributed by atoms with E-state index in [-0.39, 0.29) is 13.2 Å². The highest BCUT2D eigenvalue weighted by molar-refractivity contribution is 5.86. The van der Waals surface area contributed by atoms with Gasteiger partial charge in [-0.2, -0.15) is 0 Å². The third kappa shape index (κ3) is 6.36. The maximum absolute atomic E-state index is 11.2. The zero-order valence-corrected chi connectivity index (χ0v) is 11.6. The number of rotatable bonds is 9. The Kier molecular flexibility index (Phi) is 7.39. The second kappa shape index (κ2) is 9.12. The van der Waals surface area contributed by atoms with Gasteiger partial charge in [-0.05, 0) is 19.1 Å². The van der Waals surface area contributed by atoms with Gasteiger partial charge in [-0.25, -0.2) is 4.79 Å². The van der Waals surface area contributed by atoms with E-state index in [1.54, 1.807) is 6.92 Å². The molecule has 1 aromatic rings. The number of benzene rings is 1. The van der Waals surface area contributed by atoms with Crippen molar-refractivity contribution >= 4 is 5.97 Å². The summed E-state index contributed by atoms with van der Waals surface area (Å²) in [4.78, 5) is 11.2. The molecule has 0 bridgehead atoms. The fourth-order valence-corrected chi connectivity index (χ4v) is 1.34. The van der Waals surface area contributed by atoms with Crippen LogP contribution in [0, 0.1) is 0 Å². The van der Waals surface area contributed by atoms with Crippen LogP contribution in [-0.2, 0) is 14.3 Å². The number of carbonyl (C=O) groups is 1. The Labute approximate surface area is 118 Å². The summed E-state index contributed by atoms with van der Waals surface area (Å²) in [6.45, 7) is 5.45. The van der Waals surface area contributed by atoms with Gasteiger partial charge in [0.1, 0.15) is 25.1 Å². The molecule has 0 fully saturated rings. The molecule has 1 rings (SSSR count). The van der Waals surface area contributed by atoms with E-state index in [4.69, 9.17) is 19.3 Å².